The molecule has 0 radical (unpaired) electrons. The number of benzene rings is 1. The van der Waals surface area contributed by atoms with Crippen LogP contribution < -0.4 is 11.1 Å². The van der Waals surface area contributed by atoms with Gasteiger partial charge in [0.25, 0.3) is 0 Å². The summed E-state index contributed by atoms with van der Waals surface area (Å²) in [5.41, 5.74) is 8.12. The number of hydrogen-bond acceptors (Lipinski definition) is 3. The van der Waals surface area contributed by atoms with Gasteiger partial charge in [-0.25, -0.2) is 0 Å². The molecule has 0 saturated heterocycles. The number of hydrogen-bond donors (Lipinski definition) is 3. The minimum Gasteiger partial charge on any atom is -0.390 e. The maximum Gasteiger partial charge on any atom is 0.0786 e. The van der Waals surface area contributed by atoms with Gasteiger partial charge in [-0.2, -0.15) is 0 Å². The first-order valence-electron chi connectivity index (χ1n) is 7.47. The summed E-state index contributed by atoms with van der Waals surface area (Å²) in [6, 6.07) is 8.94. The first-order chi connectivity index (χ1) is 9.29. The Balaban J connectivity index is 1.80. The standard InChI is InChI=1S/C16H26N2O/c17-10-16(19)12-18-11-13-6-8-15(9-7-13)14-4-2-1-3-5-14/h6-9,14,16,18-19H,1-5,10-12,17H2. The van der Waals surface area contributed by atoms with Crippen LogP contribution in [0.3, 0.4) is 0 Å². The van der Waals surface area contributed by atoms with Crippen LogP contribution in [-0.4, -0.2) is 24.3 Å². The molecule has 1 aromatic carbocycles. The van der Waals surface area contributed by atoms with Crippen molar-refractivity contribution >= 4 is 0 Å². The van der Waals surface area contributed by atoms with Crippen molar-refractivity contribution in [1.29, 1.82) is 0 Å². The van der Waals surface area contributed by atoms with Crippen molar-refractivity contribution in [3.05, 3.63) is 35.4 Å². The van der Waals surface area contributed by atoms with Gasteiger partial charge < -0.3 is 16.2 Å². The third-order valence-electron chi connectivity index (χ3n) is 4.04. The van der Waals surface area contributed by atoms with Gasteiger partial charge in [-0.15, -0.1) is 0 Å². The molecule has 1 aliphatic rings. The Morgan fingerprint density at radius 3 is 2.47 bits per heavy atom. The molecule has 19 heavy (non-hydrogen) atoms. The maximum absolute atomic E-state index is 9.36. The molecular weight excluding hydrogens is 236 g/mol. The van der Waals surface area contributed by atoms with Crippen molar-refractivity contribution in [2.75, 3.05) is 13.1 Å². The second-order valence-electron chi connectivity index (χ2n) is 5.60. The largest absolute Gasteiger partial charge is 0.390 e. The van der Waals surface area contributed by atoms with Gasteiger partial charge in [0.2, 0.25) is 0 Å². The van der Waals surface area contributed by atoms with Gasteiger partial charge in [0, 0.05) is 19.6 Å². The van der Waals surface area contributed by atoms with E-state index in [0.717, 1.165) is 12.5 Å². The number of aliphatic hydroxyl groups is 1. The normalized spacial score (nSPS) is 18.4. The SMILES string of the molecule is NCC(O)CNCc1ccc(C2CCCCC2)cc1. The molecule has 1 aliphatic carbocycles. The molecule has 2 rings (SSSR count). The van der Waals surface area contributed by atoms with Crippen molar-refractivity contribution in [3.63, 3.8) is 0 Å². The molecule has 1 unspecified atom stereocenters. The Morgan fingerprint density at radius 1 is 1.16 bits per heavy atom. The summed E-state index contributed by atoms with van der Waals surface area (Å²) in [5.74, 6) is 0.773. The van der Waals surface area contributed by atoms with Crippen molar-refractivity contribution in [1.82, 2.24) is 5.32 Å². The summed E-state index contributed by atoms with van der Waals surface area (Å²) in [7, 11) is 0. The molecule has 3 heteroatoms. The lowest BCUT2D eigenvalue weighted by Crippen LogP contribution is -2.32. The molecule has 1 saturated carbocycles. The fourth-order valence-electron chi connectivity index (χ4n) is 2.81. The molecule has 1 fully saturated rings. The fourth-order valence-corrected chi connectivity index (χ4v) is 2.81. The summed E-state index contributed by atoms with van der Waals surface area (Å²) in [6.45, 7) is 1.66. The monoisotopic (exact) mass is 262 g/mol. The van der Waals surface area contributed by atoms with Crippen molar-refractivity contribution in [3.8, 4) is 0 Å². The molecule has 0 spiro atoms. The van der Waals surface area contributed by atoms with E-state index in [-0.39, 0.29) is 0 Å². The van der Waals surface area contributed by atoms with Gasteiger partial charge in [0.15, 0.2) is 0 Å². The van der Waals surface area contributed by atoms with E-state index in [4.69, 9.17) is 5.73 Å². The highest BCUT2D eigenvalue weighted by molar-refractivity contribution is 5.25. The predicted octanol–water partition coefficient (Wildman–Crippen LogP) is 2.14. The van der Waals surface area contributed by atoms with Gasteiger partial charge in [-0.3, -0.25) is 0 Å². The smallest absolute Gasteiger partial charge is 0.0786 e. The van der Waals surface area contributed by atoms with Crippen LogP contribution in [0.2, 0.25) is 0 Å². The lowest BCUT2D eigenvalue weighted by atomic mass is 9.84. The number of nitrogens with one attached hydrogen (secondary N) is 1. The van der Waals surface area contributed by atoms with E-state index in [9.17, 15) is 5.11 Å². The molecule has 106 valence electrons. The second-order valence-corrected chi connectivity index (χ2v) is 5.60. The number of rotatable bonds is 6. The van der Waals surface area contributed by atoms with E-state index >= 15 is 0 Å². The Hall–Kier alpha value is -0.900. The van der Waals surface area contributed by atoms with Crippen LogP contribution in [0.4, 0.5) is 0 Å². The van der Waals surface area contributed by atoms with Crippen LogP contribution in [0.5, 0.6) is 0 Å². The van der Waals surface area contributed by atoms with E-state index in [2.05, 4.69) is 29.6 Å². The highest BCUT2D eigenvalue weighted by Crippen LogP contribution is 2.32. The summed E-state index contributed by atoms with van der Waals surface area (Å²) in [5, 5.41) is 12.6. The van der Waals surface area contributed by atoms with E-state index in [1.54, 1.807) is 0 Å². The molecule has 1 aromatic rings. The zero-order valence-corrected chi connectivity index (χ0v) is 11.6. The fraction of sp³-hybridized carbons (Fsp3) is 0.625. The molecular formula is C16H26N2O. The Labute approximate surface area is 116 Å². The first-order valence-corrected chi connectivity index (χ1v) is 7.47. The van der Waals surface area contributed by atoms with E-state index < -0.39 is 6.10 Å². The summed E-state index contributed by atoms with van der Waals surface area (Å²) in [6.07, 6.45) is 6.42. The minimum atomic E-state index is -0.443. The Bertz CT molecular complexity index is 358. The molecule has 0 aliphatic heterocycles. The van der Waals surface area contributed by atoms with Crippen LogP contribution in [0.15, 0.2) is 24.3 Å². The molecule has 4 N–H and O–H groups in total. The maximum atomic E-state index is 9.36. The average molecular weight is 262 g/mol. The second kappa shape index (κ2) is 7.63. The minimum absolute atomic E-state index is 0.313. The van der Waals surface area contributed by atoms with Crippen LogP contribution >= 0.6 is 0 Å². The Kier molecular flexibility index (Phi) is 5.83. The molecule has 0 heterocycles. The molecule has 3 nitrogen and oxygen atoms in total. The number of nitrogens with two attached hydrogens (primary N) is 1. The van der Waals surface area contributed by atoms with Gasteiger partial charge in [0.1, 0.15) is 0 Å². The lowest BCUT2D eigenvalue weighted by Gasteiger charge is -2.22. The van der Waals surface area contributed by atoms with E-state index in [1.165, 1.54) is 43.2 Å². The van der Waals surface area contributed by atoms with Gasteiger partial charge in [0.05, 0.1) is 6.10 Å². The molecule has 0 amide bonds. The molecule has 1 atom stereocenters. The van der Waals surface area contributed by atoms with E-state index in [1.807, 2.05) is 0 Å². The van der Waals surface area contributed by atoms with Gasteiger partial charge >= 0.3 is 0 Å². The topological polar surface area (TPSA) is 58.3 Å². The van der Waals surface area contributed by atoms with Crippen LogP contribution in [0.1, 0.15) is 49.1 Å². The Morgan fingerprint density at radius 2 is 1.84 bits per heavy atom. The highest BCUT2D eigenvalue weighted by Gasteiger charge is 2.14. The zero-order chi connectivity index (χ0) is 13.5. The summed E-state index contributed by atoms with van der Waals surface area (Å²) < 4.78 is 0. The van der Waals surface area contributed by atoms with Crippen LogP contribution in [0.25, 0.3) is 0 Å². The quantitative estimate of drug-likeness (QED) is 0.736. The lowest BCUT2D eigenvalue weighted by molar-refractivity contribution is 0.179. The average Bonchev–Trinajstić information content (AvgIpc) is 2.48. The zero-order valence-electron chi connectivity index (χ0n) is 11.6. The number of aliphatic hydroxyl groups excluding tert-OH is 1. The van der Waals surface area contributed by atoms with Gasteiger partial charge in [-0.1, -0.05) is 43.5 Å². The van der Waals surface area contributed by atoms with E-state index in [0.29, 0.717) is 13.1 Å². The summed E-state index contributed by atoms with van der Waals surface area (Å²) >= 11 is 0. The highest BCUT2D eigenvalue weighted by atomic mass is 16.3. The van der Waals surface area contributed by atoms with Gasteiger partial charge in [-0.05, 0) is 29.9 Å². The first kappa shape index (κ1) is 14.5. The molecule has 0 bridgehead atoms. The third kappa shape index (κ3) is 4.60. The van der Waals surface area contributed by atoms with Crippen molar-refractivity contribution in [2.45, 2.75) is 50.7 Å². The summed E-state index contributed by atoms with van der Waals surface area (Å²) in [4.78, 5) is 0. The van der Waals surface area contributed by atoms with Crippen molar-refractivity contribution in [2.24, 2.45) is 5.73 Å². The van der Waals surface area contributed by atoms with Crippen LogP contribution in [-0.2, 0) is 6.54 Å². The third-order valence-corrected chi connectivity index (χ3v) is 4.04. The van der Waals surface area contributed by atoms with Crippen LogP contribution in [0, 0.1) is 0 Å². The van der Waals surface area contributed by atoms with Crippen molar-refractivity contribution < 1.29 is 5.11 Å². The molecule has 0 aromatic heterocycles. The predicted molar refractivity (Wildman–Crippen MR) is 79.0 cm³/mol.